The number of alkyl halides is 1. The number of hydrogen-bond acceptors (Lipinski definition) is 4. The standard InChI is InChI=1S/C10H12BrNO4S/c1-7-5-8(10(13)16-2)3-4-9(7)12-17(14,15)6-11/h3-5,12H,6H2,1-2H3. The minimum Gasteiger partial charge on any atom is -0.465 e. The molecule has 1 aromatic rings. The molecular formula is C10H12BrNO4S. The second kappa shape index (κ2) is 5.50. The van der Waals surface area contributed by atoms with Gasteiger partial charge in [-0.1, -0.05) is 15.9 Å². The molecule has 0 aliphatic heterocycles. The van der Waals surface area contributed by atoms with Crippen molar-refractivity contribution < 1.29 is 17.9 Å². The Morgan fingerprint density at radius 1 is 1.47 bits per heavy atom. The molecule has 0 radical (unpaired) electrons. The Morgan fingerprint density at radius 3 is 2.59 bits per heavy atom. The van der Waals surface area contributed by atoms with Crippen LogP contribution in [0.1, 0.15) is 15.9 Å². The number of ether oxygens (including phenoxy) is 1. The number of hydrogen-bond donors (Lipinski definition) is 1. The fraction of sp³-hybridized carbons (Fsp3) is 0.300. The van der Waals surface area contributed by atoms with Crippen molar-refractivity contribution in [3.8, 4) is 0 Å². The van der Waals surface area contributed by atoms with E-state index in [1.54, 1.807) is 13.0 Å². The summed E-state index contributed by atoms with van der Waals surface area (Å²) in [7, 11) is -2.09. The Hall–Kier alpha value is -1.08. The molecule has 94 valence electrons. The van der Waals surface area contributed by atoms with E-state index in [2.05, 4.69) is 25.4 Å². The molecule has 0 aromatic heterocycles. The topological polar surface area (TPSA) is 72.5 Å². The molecule has 0 saturated heterocycles. The average Bonchev–Trinajstić information content (AvgIpc) is 2.30. The van der Waals surface area contributed by atoms with E-state index in [4.69, 9.17) is 0 Å². The smallest absolute Gasteiger partial charge is 0.337 e. The zero-order valence-electron chi connectivity index (χ0n) is 9.36. The van der Waals surface area contributed by atoms with Crippen LogP contribution in [0, 0.1) is 6.92 Å². The minimum atomic E-state index is -3.38. The number of rotatable bonds is 4. The van der Waals surface area contributed by atoms with Crippen LogP contribution in [-0.4, -0.2) is 26.2 Å². The van der Waals surface area contributed by atoms with E-state index >= 15 is 0 Å². The monoisotopic (exact) mass is 321 g/mol. The second-order valence-corrected chi connectivity index (χ2v) is 6.37. The highest BCUT2D eigenvalue weighted by atomic mass is 79.9. The zero-order valence-corrected chi connectivity index (χ0v) is 11.8. The lowest BCUT2D eigenvalue weighted by molar-refractivity contribution is 0.0600. The lowest BCUT2D eigenvalue weighted by atomic mass is 10.1. The zero-order chi connectivity index (χ0) is 13.1. The van der Waals surface area contributed by atoms with Crippen LogP contribution in [0.25, 0.3) is 0 Å². The van der Waals surface area contributed by atoms with E-state index in [-0.39, 0.29) is 4.66 Å². The molecule has 7 heteroatoms. The van der Waals surface area contributed by atoms with Gasteiger partial charge in [-0.25, -0.2) is 13.2 Å². The molecule has 0 aliphatic rings. The van der Waals surface area contributed by atoms with Crippen LogP contribution in [0.2, 0.25) is 0 Å². The number of esters is 1. The van der Waals surface area contributed by atoms with Crippen LogP contribution in [0.3, 0.4) is 0 Å². The molecule has 0 heterocycles. The van der Waals surface area contributed by atoms with Crippen molar-refractivity contribution in [2.24, 2.45) is 0 Å². The van der Waals surface area contributed by atoms with Gasteiger partial charge in [-0.2, -0.15) is 0 Å². The van der Waals surface area contributed by atoms with Crippen LogP contribution in [-0.2, 0) is 14.8 Å². The van der Waals surface area contributed by atoms with Gasteiger partial charge in [0.05, 0.1) is 18.4 Å². The highest BCUT2D eigenvalue weighted by molar-refractivity contribution is 9.10. The molecule has 0 fully saturated rings. The van der Waals surface area contributed by atoms with Crippen LogP contribution < -0.4 is 4.72 Å². The average molecular weight is 322 g/mol. The number of halogens is 1. The van der Waals surface area contributed by atoms with Gasteiger partial charge in [0.15, 0.2) is 0 Å². The van der Waals surface area contributed by atoms with E-state index in [0.29, 0.717) is 16.8 Å². The summed E-state index contributed by atoms with van der Waals surface area (Å²) in [5, 5.41) is 0. The maximum absolute atomic E-state index is 11.3. The lowest BCUT2D eigenvalue weighted by Gasteiger charge is -2.09. The lowest BCUT2D eigenvalue weighted by Crippen LogP contribution is -2.14. The Labute approximate surface area is 108 Å². The molecule has 0 amide bonds. The molecule has 0 aliphatic carbocycles. The van der Waals surface area contributed by atoms with Gasteiger partial charge in [-0.15, -0.1) is 0 Å². The number of sulfonamides is 1. The fourth-order valence-corrected chi connectivity index (χ4v) is 2.18. The number of aryl methyl sites for hydroxylation is 1. The first-order valence-electron chi connectivity index (χ1n) is 4.65. The van der Waals surface area contributed by atoms with E-state index in [9.17, 15) is 13.2 Å². The Morgan fingerprint density at radius 2 is 2.12 bits per heavy atom. The fourth-order valence-electron chi connectivity index (χ4n) is 1.22. The van der Waals surface area contributed by atoms with Gasteiger partial charge in [0.25, 0.3) is 0 Å². The summed E-state index contributed by atoms with van der Waals surface area (Å²) in [6.07, 6.45) is 0. The van der Waals surface area contributed by atoms with Crippen molar-refractivity contribution in [3.63, 3.8) is 0 Å². The molecule has 0 atom stereocenters. The van der Waals surface area contributed by atoms with Crippen LogP contribution in [0.4, 0.5) is 5.69 Å². The number of carbonyl (C=O) groups is 1. The molecule has 1 rings (SSSR count). The summed E-state index contributed by atoms with van der Waals surface area (Å²) in [5.74, 6) is -0.456. The van der Waals surface area contributed by atoms with Crippen LogP contribution >= 0.6 is 15.9 Å². The third-order valence-corrected chi connectivity index (χ3v) is 4.68. The van der Waals surface area contributed by atoms with E-state index in [1.807, 2.05) is 0 Å². The third-order valence-electron chi connectivity index (χ3n) is 2.06. The molecule has 0 unspecified atom stereocenters. The van der Waals surface area contributed by atoms with Gasteiger partial charge in [-0.3, -0.25) is 4.72 Å². The predicted molar refractivity (Wildman–Crippen MR) is 68.9 cm³/mol. The van der Waals surface area contributed by atoms with Crippen LogP contribution in [0.5, 0.6) is 0 Å². The van der Waals surface area contributed by atoms with Crippen molar-refractivity contribution in [1.29, 1.82) is 0 Å². The summed E-state index contributed by atoms with van der Waals surface area (Å²) in [6, 6.07) is 4.60. The van der Waals surface area contributed by atoms with Gasteiger partial charge in [0, 0.05) is 0 Å². The molecule has 17 heavy (non-hydrogen) atoms. The minimum absolute atomic E-state index is 0.182. The SMILES string of the molecule is COC(=O)c1ccc(NS(=O)(=O)CBr)c(C)c1. The van der Waals surface area contributed by atoms with Gasteiger partial charge < -0.3 is 4.74 Å². The number of anilines is 1. The van der Waals surface area contributed by atoms with Gasteiger partial charge in [-0.05, 0) is 30.7 Å². The van der Waals surface area contributed by atoms with Crippen LogP contribution in [0.15, 0.2) is 18.2 Å². The molecular weight excluding hydrogens is 310 g/mol. The van der Waals surface area contributed by atoms with Gasteiger partial charge in [0.1, 0.15) is 4.66 Å². The number of nitrogens with one attached hydrogen (secondary N) is 1. The van der Waals surface area contributed by atoms with Crippen molar-refractivity contribution >= 4 is 37.6 Å². The quantitative estimate of drug-likeness (QED) is 0.678. The van der Waals surface area contributed by atoms with E-state index in [0.717, 1.165) is 0 Å². The third kappa shape index (κ3) is 3.71. The van der Waals surface area contributed by atoms with Crippen molar-refractivity contribution in [2.75, 3.05) is 16.5 Å². The molecule has 5 nitrogen and oxygen atoms in total. The highest BCUT2D eigenvalue weighted by Gasteiger charge is 2.12. The number of benzene rings is 1. The van der Waals surface area contributed by atoms with E-state index < -0.39 is 16.0 Å². The first kappa shape index (κ1) is 14.0. The highest BCUT2D eigenvalue weighted by Crippen LogP contribution is 2.18. The molecule has 0 bridgehead atoms. The predicted octanol–water partition coefficient (Wildman–Crippen LogP) is 1.88. The largest absolute Gasteiger partial charge is 0.465 e. The normalized spacial score (nSPS) is 11.0. The first-order valence-corrected chi connectivity index (χ1v) is 7.42. The maximum atomic E-state index is 11.3. The van der Waals surface area contributed by atoms with Crippen molar-refractivity contribution in [1.82, 2.24) is 0 Å². The van der Waals surface area contributed by atoms with Crippen molar-refractivity contribution in [3.05, 3.63) is 29.3 Å². The molecule has 1 aromatic carbocycles. The Bertz CT molecular complexity index is 527. The molecule has 0 spiro atoms. The number of methoxy groups -OCH3 is 1. The van der Waals surface area contributed by atoms with Gasteiger partial charge in [0.2, 0.25) is 10.0 Å². The Balaban J connectivity index is 3.03. The second-order valence-electron chi connectivity index (χ2n) is 3.35. The first-order chi connectivity index (χ1) is 7.89. The molecule has 1 N–H and O–H groups in total. The summed E-state index contributed by atoms with van der Waals surface area (Å²) >= 11 is 2.88. The molecule has 0 saturated carbocycles. The number of carbonyl (C=O) groups excluding carboxylic acids is 1. The summed E-state index contributed by atoms with van der Waals surface area (Å²) in [6.45, 7) is 1.71. The van der Waals surface area contributed by atoms with Crippen molar-refractivity contribution in [2.45, 2.75) is 6.92 Å². The van der Waals surface area contributed by atoms with Gasteiger partial charge >= 0.3 is 5.97 Å². The summed E-state index contributed by atoms with van der Waals surface area (Å²) in [5.41, 5.74) is 1.47. The maximum Gasteiger partial charge on any atom is 0.337 e. The Kier molecular flexibility index (Phi) is 4.53. The van der Waals surface area contributed by atoms with E-state index in [1.165, 1.54) is 19.2 Å². The summed E-state index contributed by atoms with van der Waals surface area (Å²) < 4.78 is 29.5. The summed E-state index contributed by atoms with van der Waals surface area (Å²) in [4.78, 5) is 11.2.